The van der Waals surface area contributed by atoms with E-state index in [-0.39, 0.29) is 11.9 Å². The average molecular weight is 286 g/mol. The number of rotatable bonds is 3. The van der Waals surface area contributed by atoms with Gasteiger partial charge >= 0.3 is 0 Å². The lowest BCUT2D eigenvalue weighted by atomic mass is 10.1. The number of nitrogens with zero attached hydrogens (tertiary/aromatic N) is 1. The fraction of sp³-hybridized carbons (Fsp3) is 0.188. The highest BCUT2D eigenvalue weighted by Gasteiger charge is 2.09. The van der Waals surface area contributed by atoms with Crippen molar-refractivity contribution in [2.75, 3.05) is 5.32 Å². The second kappa shape index (κ2) is 5.21. The number of halogens is 1. The number of anilines is 1. The van der Waals surface area contributed by atoms with Crippen molar-refractivity contribution < 1.29 is 4.39 Å². The van der Waals surface area contributed by atoms with Crippen molar-refractivity contribution in [1.29, 1.82) is 0 Å². The van der Waals surface area contributed by atoms with E-state index >= 15 is 0 Å². The van der Waals surface area contributed by atoms with Gasteiger partial charge < -0.3 is 5.32 Å². The first-order valence-electron chi connectivity index (χ1n) is 6.51. The summed E-state index contributed by atoms with van der Waals surface area (Å²) in [6.45, 7) is 4.17. The van der Waals surface area contributed by atoms with Gasteiger partial charge in [0.1, 0.15) is 5.82 Å². The van der Waals surface area contributed by atoms with Crippen LogP contribution in [-0.4, -0.2) is 4.98 Å². The van der Waals surface area contributed by atoms with E-state index in [9.17, 15) is 4.39 Å². The molecule has 20 heavy (non-hydrogen) atoms. The second-order valence-electron chi connectivity index (χ2n) is 4.91. The Bertz CT molecular complexity index is 734. The summed E-state index contributed by atoms with van der Waals surface area (Å²) in [5, 5.41) is 4.19. The molecule has 0 saturated carbocycles. The third-order valence-corrected chi connectivity index (χ3v) is 4.22. The Labute approximate surface area is 121 Å². The molecule has 0 amide bonds. The largest absolute Gasteiger partial charge is 0.355 e. The van der Waals surface area contributed by atoms with Gasteiger partial charge in [0.25, 0.3) is 0 Å². The summed E-state index contributed by atoms with van der Waals surface area (Å²) >= 11 is 1.48. The van der Waals surface area contributed by atoms with E-state index in [1.165, 1.54) is 34.6 Å². The molecule has 1 aromatic heterocycles. The van der Waals surface area contributed by atoms with Crippen molar-refractivity contribution in [2.24, 2.45) is 0 Å². The number of aromatic nitrogens is 1. The Morgan fingerprint density at radius 1 is 1.15 bits per heavy atom. The van der Waals surface area contributed by atoms with Crippen LogP contribution in [0.15, 0.2) is 42.5 Å². The number of fused-ring (bicyclic) bond motifs is 1. The van der Waals surface area contributed by atoms with Gasteiger partial charge in [0.2, 0.25) is 0 Å². The molecule has 0 radical (unpaired) electrons. The summed E-state index contributed by atoms with van der Waals surface area (Å²) < 4.78 is 14.0. The minimum atomic E-state index is -0.223. The molecule has 0 bridgehead atoms. The lowest BCUT2D eigenvalue weighted by Gasteiger charge is -2.13. The molecular weight excluding hydrogens is 271 g/mol. The highest BCUT2D eigenvalue weighted by molar-refractivity contribution is 7.22. The predicted octanol–water partition coefficient (Wildman–Crippen LogP) is 4.92. The van der Waals surface area contributed by atoms with E-state index in [4.69, 9.17) is 0 Å². The monoisotopic (exact) mass is 286 g/mol. The summed E-state index contributed by atoms with van der Waals surface area (Å²) in [6.07, 6.45) is 0. The molecule has 1 unspecified atom stereocenters. The van der Waals surface area contributed by atoms with Crippen LogP contribution >= 0.6 is 11.3 Å². The van der Waals surface area contributed by atoms with Gasteiger partial charge in [0, 0.05) is 0 Å². The Balaban J connectivity index is 1.83. The standard InChI is InChI=1S/C16H15FN2S/c1-10-3-5-12(6-4-10)11(2)18-16-19-14-8-7-13(17)9-15(14)20-16/h3-9,11H,1-2H3,(H,18,19). The summed E-state index contributed by atoms with van der Waals surface area (Å²) in [5.74, 6) is -0.223. The van der Waals surface area contributed by atoms with E-state index in [1.807, 2.05) is 0 Å². The molecule has 102 valence electrons. The summed E-state index contributed by atoms with van der Waals surface area (Å²) in [7, 11) is 0. The average Bonchev–Trinajstić information content (AvgIpc) is 2.80. The summed E-state index contributed by atoms with van der Waals surface area (Å²) in [5.41, 5.74) is 3.28. The van der Waals surface area contributed by atoms with Crippen molar-refractivity contribution in [1.82, 2.24) is 4.98 Å². The Hall–Kier alpha value is -1.94. The SMILES string of the molecule is Cc1ccc(C(C)Nc2nc3ccc(F)cc3s2)cc1. The Kier molecular flexibility index (Phi) is 3.40. The van der Waals surface area contributed by atoms with Gasteiger partial charge in [-0.3, -0.25) is 0 Å². The first-order valence-corrected chi connectivity index (χ1v) is 7.33. The van der Waals surface area contributed by atoms with Crippen LogP contribution in [0.25, 0.3) is 10.2 Å². The maximum Gasteiger partial charge on any atom is 0.184 e. The number of nitrogens with one attached hydrogen (secondary N) is 1. The molecule has 3 rings (SSSR count). The number of hydrogen-bond donors (Lipinski definition) is 1. The zero-order chi connectivity index (χ0) is 14.1. The quantitative estimate of drug-likeness (QED) is 0.739. The van der Waals surface area contributed by atoms with E-state index in [1.54, 1.807) is 6.07 Å². The Morgan fingerprint density at radius 2 is 1.90 bits per heavy atom. The molecule has 4 heteroatoms. The number of hydrogen-bond acceptors (Lipinski definition) is 3. The molecule has 0 spiro atoms. The minimum Gasteiger partial charge on any atom is -0.355 e. The fourth-order valence-corrected chi connectivity index (χ4v) is 3.06. The molecule has 2 aromatic carbocycles. The third kappa shape index (κ3) is 2.65. The molecular formula is C16H15FN2S. The van der Waals surface area contributed by atoms with Gasteiger partial charge in [-0.15, -0.1) is 0 Å². The molecule has 1 N–H and O–H groups in total. The topological polar surface area (TPSA) is 24.9 Å². The lowest BCUT2D eigenvalue weighted by molar-refractivity contribution is 0.630. The highest BCUT2D eigenvalue weighted by atomic mass is 32.1. The molecule has 0 aliphatic rings. The van der Waals surface area contributed by atoms with Crippen molar-refractivity contribution in [3.8, 4) is 0 Å². The molecule has 0 aliphatic carbocycles. The maximum absolute atomic E-state index is 13.2. The van der Waals surface area contributed by atoms with Gasteiger partial charge in [0.15, 0.2) is 5.13 Å². The van der Waals surface area contributed by atoms with Gasteiger partial charge in [-0.1, -0.05) is 41.2 Å². The van der Waals surface area contributed by atoms with Gasteiger partial charge in [-0.05, 0) is 37.6 Å². The van der Waals surface area contributed by atoms with E-state index in [2.05, 4.69) is 48.4 Å². The molecule has 1 atom stereocenters. The van der Waals surface area contributed by atoms with Crippen LogP contribution in [0.4, 0.5) is 9.52 Å². The van der Waals surface area contributed by atoms with Crippen molar-refractivity contribution >= 4 is 26.7 Å². The van der Waals surface area contributed by atoms with Crippen LogP contribution in [0.2, 0.25) is 0 Å². The smallest absolute Gasteiger partial charge is 0.184 e. The van der Waals surface area contributed by atoms with Gasteiger partial charge in [-0.25, -0.2) is 9.37 Å². The van der Waals surface area contributed by atoms with Crippen molar-refractivity contribution in [2.45, 2.75) is 19.9 Å². The Morgan fingerprint density at radius 3 is 2.65 bits per heavy atom. The third-order valence-electron chi connectivity index (χ3n) is 3.27. The highest BCUT2D eigenvalue weighted by Crippen LogP contribution is 2.29. The van der Waals surface area contributed by atoms with E-state index in [0.717, 1.165) is 15.3 Å². The van der Waals surface area contributed by atoms with Crippen LogP contribution < -0.4 is 5.32 Å². The maximum atomic E-state index is 13.2. The summed E-state index contributed by atoms with van der Waals surface area (Å²) in [4.78, 5) is 4.48. The number of thiazole rings is 1. The minimum absolute atomic E-state index is 0.168. The number of aryl methyl sites for hydroxylation is 1. The second-order valence-corrected chi connectivity index (χ2v) is 5.94. The molecule has 0 fully saturated rings. The first-order chi connectivity index (χ1) is 9.61. The van der Waals surface area contributed by atoms with Crippen molar-refractivity contribution in [3.05, 3.63) is 59.4 Å². The van der Waals surface area contributed by atoms with Crippen molar-refractivity contribution in [3.63, 3.8) is 0 Å². The van der Waals surface area contributed by atoms with Crippen LogP contribution in [0.5, 0.6) is 0 Å². The molecule has 1 heterocycles. The van der Waals surface area contributed by atoms with E-state index < -0.39 is 0 Å². The van der Waals surface area contributed by atoms with E-state index in [0.29, 0.717) is 0 Å². The summed E-state index contributed by atoms with van der Waals surface area (Å²) in [6, 6.07) is 13.3. The predicted molar refractivity (Wildman–Crippen MR) is 82.8 cm³/mol. The van der Waals surface area contributed by atoms with Crippen LogP contribution in [0.1, 0.15) is 24.1 Å². The van der Waals surface area contributed by atoms with Crippen LogP contribution in [0, 0.1) is 12.7 Å². The van der Waals surface area contributed by atoms with Crippen LogP contribution in [0.3, 0.4) is 0 Å². The van der Waals surface area contributed by atoms with Crippen LogP contribution in [-0.2, 0) is 0 Å². The molecule has 0 aliphatic heterocycles. The molecule has 2 nitrogen and oxygen atoms in total. The normalized spacial score (nSPS) is 12.6. The molecule has 3 aromatic rings. The zero-order valence-corrected chi connectivity index (χ0v) is 12.2. The van der Waals surface area contributed by atoms with Gasteiger partial charge in [0.05, 0.1) is 16.3 Å². The number of benzene rings is 2. The molecule has 0 saturated heterocycles. The van der Waals surface area contributed by atoms with Gasteiger partial charge in [-0.2, -0.15) is 0 Å². The fourth-order valence-electron chi connectivity index (χ4n) is 2.08. The first kappa shape index (κ1) is 13.1. The lowest BCUT2D eigenvalue weighted by Crippen LogP contribution is -2.05. The zero-order valence-electron chi connectivity index (χ0n) is 11.4.